The van der Waals surface area contributed by atoms with Crippen molar-refractivity contribution in [1.82, 2.24) is 14.2 Å². The Labute approximate surface area is 440 Å². The molecule has 11 nitrogen and oxygen atoms in total. The van der Waals surface area contributed by atoms with Crippen LogP contribution in [0.25, 0.3) is 22.4 Å². The zero-order valence-electron chi connectivity index (χ0n) is 41.5. The Bertz CT molecular complexity index is 2940. The fourth-order valence-corrected chi connectivity index (χ4v) is 12.0. The lowest BCUT2D eigenvalue weighted by Crippen LogP contribution is -2.46. The van der Waals surface area contributed by atoms with Gasteiger partial charge in [-0.3, -0.25) is 9.52 Å². The number of hydrogen-bond acceptors (Lipinski definition) is 11. The molecule has 2 aliphatic rings. The molecule has 4 N–H and O–H groups in total. The number of carbonyl (C=O) groups excluding carboxylic acids is 1. The van der Waals surface area contributed by atoms with Crippen LogP contribution in [0.4, 0.5) is 35.9 Å². The molecule has 5 aromatic carbocycles. The van der Waals surface area contributed by atoms with Crippen molar-refractivity contribution in [3.05, 3.63) is 143 Å². The molecule has 2 saturated heterocycles. The number of hydrogen-bond donors (Lipinski definition) is 4. The number of likely N-dealkylation sites (tertiary alicyclic amines) is 1. The molecule has 3 heterocycles. The largest absolute Gasteiger partial charge is 0.501 e. The molecule has 1 amide bonds. The molecule has 2 fully saturated rings. The maximum atomic E-state index is 14.3. The lowest BCUT2D eigenvalue weighted by atomic mass is 9.94. The van der Waals surface area contributed by atoms with Gasteiger partial charge >= 0.3 is 5.51 Å². The monoisotopic (exact) mass is 1070 g/mol. The summed E-state index contributed by atoms with van der Waals surface area (Å²) in [7, 11) is -3.71. The molecule has 0 saturated carbocycles. The summed E-state index contributed by atoms with van der Waals surface area (Å²) < 4.78 is 74.1. The predicted molar refractivity (Wildman–Crippen MR) is 295 cm³/mol. The summed E-state index contributed by atoms with van der Waals surface area (Å²) >= 11 is 9.10. The van der Waals surface area contributed by atoms with E-state index < -0.39 is 25.8 Å². The van der Waals surface area contributed by atoms with Crippen LogP contribution in [0, 0.1) is 6.92 Å². The number of piperidine rings is 1. The van der Waals surface area contributed by atoms with Gasteiger partial charge in [0.05, 0.1) is 27.4 Å². The Morgan fingerprint density at radius 1 is 0.836 bits per heavy atom. The van der Waals surface area contributed by atoms with Crippen molar-refractivity contribution in [2.75, 3.05) is 84.8 Å². The van der Waals surface area contributed by atoms with Gasteiger partial charge in [-0.25, -0.2) is 8.42 Å². The highest BCUT2D eigenvalue weighted by atomic mass is 35.5. The van der Waals surface area contributed by atoms with E-state index in [4.69, 9.17) is 11.6 Å². The van der Waals surface area contributed by atoms with Gasteiger partial charge < -0.3 is 35.0 Å². The van der Waals surface area contributed by atoms with Crippen LogP contribution in [0.2, 0.25) is 5.02 Å². The number of carbonyl (C=O) groups is 1. The van der Waals surface area contributed by atoms with Crippen LogP contribution >= 0.6 is 35.3 Å². The minimum atomic E-state index is -5.69. The van der Waals surface area contributed by atoms with E-state index in [0.717, 1.165) is 82.3 Å². The summed E-state index contributed by atoms with van der Waals surface area (Å²) in [5.74, 6) is 0.350. The van der Waals surface area contributed by atoms with Crippen molar-refractivity contribution in [3.8, 4) is 22.4 Å². The van der Waals surface area contributed by atoms with Crippen LogP contribution in [-0.4, -0.2) is 110 Å². The topological polar surface area (TPSA) is 122 Å². The minimum Gasteiger partial charge on any atom is -0.390 e. The van der Waals surface area contributed by atoms with E-state index in [1.165, 1.54) is 18.0 Å². The summed E-state index contributed by atoms with van der Waals surface area (Å²) in [6.45, 7) is 9.32. The molecule has 0 spiro atoms. The molecule has 0 radical (unpaired) electrons. The molecule has 0 bridgehead atoms. The Morgan fingerprint density at radius 3 is 2.16 bits per heavy atom. The maximum absolute atomic E-state index is 14.3. The van der Waals surface area contributed by atoms with E-state index >= 15 is 0 Å². The van der Waals surface area contributed by atoms with Crippen molar-refractivity contribution in [3.63, 3.8) is 0 Å². The third kappa shape index (κ3) is 13.2. The normalized spacial score (nSPS) is 15.8. The summed E-state index contributed by atoms with van der Waals surface area (Å²) in [6, 6.07) is 37.7. The summed E-state index contributed by atoms with van der Waals surface area (Å²) in [5, 5.41) is 17.7. The molecule has 1 atom stereocenters. The molecule has 388 valence electrons. The van der Waals surface area contributed by atoms with Crippen LogP contribution in [0.3, 0.4) is 0 Å². The third-order valence-electron chi connectivity index (χ3n) is 13.9. The van der Waals surface area contributed by atoms with Gasteiger partial charge in [0, 0.05) is 116 Å². The first-order valence-electron chi connectivity index (χ1n) is 24.5. The Morgan fingerprint density at radius 2 is 1.51 bits per heavy atom. The molecule has 73 heavy (non-hydrogen) atoms. The first-order valence-corrected chi connectivity index (χ1v) is 28.5. The Balaban J connectivity index is 0.903. The molecule has 1 aromatic heterocycles. The van der Waals surface area contributed by atoms with Crippen molar-refractivity contribution >= 4 is 73.8 Å². The predicted octanol–water partition coefficient (Wildman–Crippen LogP) is 11.4. The van der Waals surface area contributed by atoms with E-state index in [-0.39, 0.29) is 24.1 Å². The third-order valence-corrected chi connectivity index (χ3v) is 17.2. The summed E-state index contributed by atoms with van der Waals surface area (Å²) in [5.41, 5.74) is 2.33. The molecular formula is C55H63ClF3N7O4S3. The SMILES string of the molecule is CSNC(=O)c1c(-c2cccc(N3CCN(c4ccc(NCCc5ccc(N[C@@H](CCN6CCC(C)(O)CC6)CSc6ccccc6)c(S(=O)(=O)C(F)(F)F)c5)cc4)CC3)c2)c(-c2ccc(Cl)cc2)n(C)c1C. The first-order chi connectivity index (χ1) is 34.9. The molecule has 6 aromatic rings. The highest BCUT2D eigenvalue weighted by Crippen LogP contribution is 2.41. The second-order valence-electron chi connectivity index (χ2n) is 19.0. The number of amides is 1. The number of anilines is 4. The number of thioether (sulfide) groups is 1. The van der Waals surface area contributed by atoms with Gasteiger partial charge in [0.25, 0.3) is 15.7 Å². The number of aliphatic hydroxyl groups is 1. The lowest BCUT2D eigenvalue weighted by molar-refractivity contribution is -0.0435. The number of benzene rings is 5. The van der Waals surface area contributed by atoms with Crippen LogP contribution in [0.1, 0.15) is 47.8 Å². The summed E-state index contributed by atoms with van der Waals surface area (Å²) in [6.07, 6.45) is 3.94. The van der Waals surface area contributed by atoms with E-state index in [2.05, 4.69) is 52.8 Å². The summed E-state index contributed by atoms with van der Waals surface area (Å²) in [4.78, 5) is 20.7. The van der Waals surface area contributed by atoms with Gasteiger partial charge in [-0.2, -0.15) is 13.2 Å². The number of sulfone groups is 1. The number of halogens is 4. The van der Waals surface area contributed by atoms with Crippen LogP contribution in [0.5, 0.6) is 0 Å². The Kier molecular flexibility index (Phi) is 17.4. The second-order valence-corrected chi connectivity index (χ2v) is 23.1. The van der Waals surface area contributed by atoms with Gasteiger partial charge in [-0.15, -0.1) is 11.8 Å². The highest BCUT2D eigenvalue weighted by molar-refractivity contribution is 7.99. The lowest BCUT2D eigenvalue weighted by Gasteiger charge is -2.37. The molecule has 18 heteroatoms. The van der Waals surface area contributed by atoms with Crippen molar-refractivity contribution in [2.45, 2.75) is 66.5 Å². The molecular weight excluding hydrogens is 1010 g/mol. The van der Waals surface area contributed by atoms with Crippen molar-refractivity contribution in [2.24, 2.45) is 7.05 Å². The quantitative estimate of drug-likeness (QED) is 0.0458. The van der Waals surface area contributed by atoms with E-state index in [1.54, 1.807) is 17.8 Å². The molecule has 2 aliphatic heterocycles. The Hall–Kier alpha value is -5.30. The fraction of sp³-hybridized carbons (Fsp3) is 0.364. The smallest absolute Gasteiger partial charge is 0.390 e. The maximum Gasteiger partial charge on any atom is 0.501 e. The number of rotatable bonds is 19. The average molecular weight is 1070 g/mol. The highest BCUT2D eigenvalue weighted by Gasteiger charge is 2.48. The van der Waals surface area contributed by atoms with Crippen LogP contribution in [-0.2, 0) is 23.3 Å². The van der Waals surface area contributed by atoms with Crippen LogP contribution in [0.15, 0.2) is 131 Å². The average Bonchev–Trinajstić information content (AvgIpc) is 3.65. The number of nitrogens with one attached hydrogen (secondary N) is 3. The number of alkyl halides is 3. The van der Waals surface area contributed by atoms with Crippen LogP contribution < -0.4 is 25.2 Å². The second kappa shape index (κ2) is 23.5. The number of nitrogens with zero attached hydrogens (tertiary/aromatic N) is 4. The molecule has 8 rings (SSSR count). The van der Waals surface area contributed by atoms with E-state index in [9.17, 15) is 31.5 Å². The zero-order valence-corrected chi connectivity index (χ0v) is 44.7. The first kappa shape index (κ1) is 54.0. The standard InChI is InChI=1S/C55H63ClF3N7O4S3/c1-38-50(53(67)62-71-4)51(52(63(38)3)40-14-16-42(56)17-15-40)41-9-8-10-46(36-41)66-33-31-65(32-34-66)45-20-18-43(19-21-45)60-27-23-39-13-22-48(49(35-39)73(69,70)55(57,58)59)61-44(37-72-47-11-6-5-7-12-47)24-28-64-29-25-54(2,68)26-30-64/h5-22,35-36,44,60-61,68H,23-34,37H2,1-4H3,(H,62,67)/t44-/m0/s1. The molecule has 0 unspecified atom stereocenters. The zero-order chi connectivity index (χ0) is 51.9. The fourth-order valence-electron chi connectivity index (χ4n) is 9.59. The number of aromatic nitrogens is 1. The van der Waals surface area contributed by atoms with Gasteiger partial charge in [-0.1, -0.05) is 72.1 Å². The van der Waals surface area contributed by atoms with Crippen molar-refractivity contribution in [1.29, 1.82) is 0 Å². The van der Waals surface area contributed by atoms with Gasteiger partial charge in [0.2, 0.25) is 0 Å². The van der Waals surface area contributed by atoms with Gasteiger partial charge in [0.15, 0.2) is 0 Å². The van der Waals surface area contributed by atoms with E-state index in [1.807, 2.05) is 112 Å². The van der Waals surface area contributed by atoms with E-state index in [0.29, 0.717) is 67.3 Å². The molecule has 0 aliphatic carbocycles. The van der Waals surface area contributed by atoms with Crippen molar-refractivity contribution < 1.29 is 31.5 Å². The number of piperazine rings is 1. The van der Waals surface area contributed by atoms with Gasteiger partial charge in [0.1, 0.15) is 0 Å². The van der Waals surface area contributed by atoms with Gasteiger partial charge in [-0.05, 0) is 129 Å². The minimum absolute atomic E-state index is 0.0727.